The molecule has 0 spiro atoms. The van der Waals surface area contributed by atoms with Crippen LogP contribution in [-0.4, -0.2) is 13.4 Å². The van der Waals surface area contributed by atoms with Crippen LogP contribution in [0.25, 0.3) is 0 Å². The lowest BCUT2D eigenvalue weighted by Gasteiger charge is -2.07. The number of sulfonamides is 1. The zero-order valence-corrected chi connectivity index (χ0v) is 13.0. The summed E-state index contributed by atoms with van der Waals surface area (Å²) in [5, 5.41) is 0.756. The van der Waals surface area contributed by atoms with Gasteiger partial charge in [-0.25, -0.2) is 18.1 Å². The molecule has 0 unspecified atom stereocenters. The summed E-state index contributed by atoms with van der Waals surface area (Å²) in [6, 6.07) is 4.78. The molecule has 0 aliphatic rings. The topological polar surface area (TPSA) is 85.1 Å². The van der Waals surface area contributed by atoms with Crippen LogP contribution in [0.1, 0.15) is 22.4 Å². The highest BCUT2D eigenvalue weighted by Gasteiger charge is 2.15. The molecule has 0 bridgehead atoms. The number of nitrogens with one attached hydrogen (secondary N) is 1. The first-order valence-corrected chi connectivity index (χ1v) is 8.51. The molecule has 1 heterocycles. The number of rotatable bonds is 5. The highest BCUT2D eigenvalue weighted by atomic mass is 32.2. The number of nitrogens with zero attached hydrogens (tertiary/aromatic N) is 1. The first-order chi connectivity index (χ1) is 9.40. The summed E-state index contributed by atoms with van der Waals surface area (Å²) in [6.45, 7) is 4.04. The average Bonchev–Trinajstić information content (AvgIpc) is 2.83. The molecule has 0 aliphatic carbocycles. The normalized spacial score (nSPS) is 11.7. The molecular weight excluding hydrogens is 294 g/mol. The van der Waals surface area contributed by atoms with E-state index in [9.17, 15) is 8.42 Å². The Hall–Kier alpha value is -1.44. The molecule has 0 atom stereocenters. The van der Waals surface area contributed by atoms with Crippen LogP contribution in [-0.2, 0) is 23.0 Å². The van der Waals surface area contributed by atoms with Crippen LogP contribution in [0.2, 0.25) is 0 Å². The van der Waals surface area contributed by atoms with Crippen molar-refractivity contribution in [2.24, 2.45) is 0 Å². The maximum Gasteiger partial charge on any atom is 0.241 e. The first-order valence-electron chi connectivity index (χ1n) is 6.21. The van der Waals surface area contributed by atoms with Gasteiger partial charge in [0.1, 0.15) is 5.01 Å². The van der Waals surface area contributed by atoms with Crippen LogP contribution in [0, 0.1) is 6.92 Å². The second-order valence-electron chi connectivity index (χ2n) is 4.48. The maximum atomic E-state index is 12.2. The van der Waals surface area contributed by atoms with Crippen LogP contribution in [0.15, 0.2) is 29.3 Å². The van der Waals surface area contributed by atoms with E-state index in [2.05, 4.69) is 9.71 Å². The summed E-state index contributed by atoms with van der Waals surface area (Å²) < 4.78 is 26.9. The number of hydrogen-bond donors (Lipinski definition) is 2. The van der Waals surface area contributed by atoms with Gasteiger partial charge >= 0.3 is 0 Å². The van der Waals surface area contributed by atoms with E-state index in [-0.39, 0.29) is 11.4 Å². The Morgan fingerprint density at radius 1 is 1.35 bits per heavy atom. The number of thiazole rings is 1. The van der Waals surface area contributed by atoms with E-state index < -0.39 is 10.0 Å². The third-order valence-electron chi connectivity index (χ3n) is 2.75. The number of benzene rings is 1. The van der Waals surface area contributed by atoms with Crippen molar-refractivity contribution < 1.29 is 8.42 Å². The minimum atomic E-state index is -3.56. The van der Waals surface area contributed by atoms with E-state index in [0.29, 0.717) is 5.69 Å². The van der Waals surface area contributed by atoms with Crippen LogP contribution in [0.4, 0.5) is 5.69 Å². The van der Waals surface area contributed by atoms with Crippen molar-refractivity contribution in [3.05, 3.63) is 39.8 Å². The summed E-state index contributed by atoms with van der Waals surface area (Å²) in [5.41, 5.74) is 6.93. The largest absolute Gasteiger partial charge is 0.399 e. The molecule has 0 fully saturated rings. The van der Waals surface area contributed by atoms with Crippen molar-refractivity contribution in [2.45, 2.75) is 31.7 Å². The summed E-state index contributed by atoms with van der Waals surface area (Å²) in [5.74, 6) is 0. The summed E-state index contributed by atoms with van der Waals surface area (Å²) in [6.07, 6.45) is 2.68. The number of hydrogen-bond acceptors (Lipinski definition) is 5. The van der Waals surface area contributed by atoms with Crippen molar-refractivity contribution in [3.63, 3.8) is 0 Å². The molecule has 0 aliphatic heterocycles. The summed E-state index contributed by atoms with van der Waals surface area (Å²) in [4.78, 5) is 5.51. The van der Waals surface area contributed by atoms with E-state index in [1.165, 1.54) is 17.4 Å². The van der Waals surface area contributed by atoms with Crippen LogP contribution < -0.4 is 10.5 Å². The lowest BCUT2D eigenvalue weighted by atomic mass is 10.2. The average molecular weight is 311 g/mol. The Morgan fingerprint density at radius 2 is 2.10 bits per heavy atom. The minimum absolute atomic E-state index is 0.183. The monoisotopic (exact) mass is 311 g/mol. The van der Waals surface area contributed by atoms with Crippen molar-refractivity contribution in [1.29, 1.82) is 0 Å². The van der Waals surface area contributed by atoms with E-state index in [1.807, 2.05) is 13.8 Å². The molecule has 1 aromatic heterocycles. The van der Waals surface area contributed by atoms with Gasteiger partial charge < -0.3 is 5.73 Å². The van der Waals surface area contributed by atoms with Gasteiger partial charge in [-0.15, -0.1) is 11.3 Å². The molecule has 0 saturated heterocycles. The highest BCUT2D eigenvalue weighted by molar-refractivity contribution is 7.89. The second kappa shape index (κ2) is 5.90. The standard InChI is InChI=1S/C13H17N3O2S2/c1-3-11-7-15-13(19-11)8-16-20(17,18)12-5-9(2)4-10(14)6-12/h4-7,16H,3,8,14H2,1-2H3. The molecule has 108 valence electrons. The highest BCUT2D eigenvalue weighted by Crippen LogP contribution is 2.18. The zero-order chi connectivity index (χ0) is 14.8. The minimum Gasteiger partial charge on any atom is -0.399 e. The molecule has 0 saturated carbocycles. The Kier molecular flexibility index (Phi) is 4.42. The predicted octanol–water partition coefficient (Wildman–Crippen LogP) is 2.07. The molecule has 20 heavy (non-hydrogen) atoms. The van der Waals surface area contributed by atoms with Gasteiger partial charge in [-0.3, -0.25) is 0 Å². The Balaban J connectivity index is 2.14. The van der Waals surface area contributed by atoms with Gasteiger partial charge in [0, 0.05) is 16.8 Å². The predicted molar refractivity (Wildman–Crippen MR) is 81.1 cm³/mol. The lowest BCUT2D eigenvalue weighted by molar-refractivity contribution is 0.581. The molecular formula is C13H17N3O2S2. The van der Waals surface area contributed by atoms with E-state index in [1.54, 1.807) is 18.3 Å². The van der Waals surface area contributed by atoms with E-state index >= 15 is 0 Å². The fraction of sp³-hybridized carbons (Fsp3) is 0.308. The molecule has 0 amide bonds. The molecule has 3 N–H and O–H groups in total. The molecule has 2 rings (SSSR count). The lowest BCUT2D eigenvalue weighted by Crippen LogP contribution is -2.23. The maximum absolute atomic E-state index is 12.2. The van der Waals surface area contributed by atoms with Gasteiger partial charge in [-0.1, -0.05) is 6.92 Å². The first kappa shape index (κ1) is 15.0. The Morgan fingerprint density at radius 3 is 2.70 bits per heavy atom. The van der Waals surface area contributed by atoms with Gasteiger partial charge in [-0.2, -0.15) is 0 Å². The van der Waals surface area contributed by atoms with Crippen molar-refractivity contribution in [1.82, 2.24) is 9.71 Å². The van der Waals surface area contributed by atoms with Gasteiger partial charge in [0.25, 0.3) is 0 Å². The Labute approximate surface area is 122 Å². The molecule has 0 radical (unpaired) electrons. The number of aryl methyl sites for hydroxylation is 2. The summed E-state index contributed by atoms with van der Waals surface area (Å²) in [7, 11) is -3.56. The molecule has 7 heteroatoms. The van der Waals surface area contributed by atoms with Crippen LogP contribution in [0.3, 0.4) is 0 Å². The van der Waals surface area contributed by atoms with Crippen LogP contribution >= 0.6 is 11.3 Å². The number of nitrogens with two attached hydrogens (primary N) is 1. The SMILES string of the molecule is CCc1cnc(CNS(=O)(=O)c2cc(C)cc(N)c2)s1. The van der Waals surface area contributed by atoms with Crippen molar-refractivity contribution >= 4 is 27.0 Å². The number of anilines is 1. The molecule has 1 aromatic carbocycles. The third kappa shape index (κ3) is 3.56. The number of nitrogen functional groups attached to an aromatic ring is 1. The smallest absolute Gasteiger partial charge is 0.241 e. The second-order valence-corrected chi connectivity index (χ2v) is 7.44. The zero-order valence-electron chi connectivity index (χ0n) is 11.4. The van der Waals surface area contributed by atoms with Gasteiger partial charge in [0.2, 0.25) is 10.0 Å². The fourth-order valence-corrected chi connectivity index (χ4v) is 3.78. The van der Waals surface area contributed by atoms with Gasteiger partial charge in [0.05, 0.1) is 11.4 Å². The van der Waals surface area contributed by atoms with E-state index in [4.69, 9.17) is 5.73 Å². The van der Waals surface area contributed by atoms with Crippen molar-refractivity contribution in [3.8, 4) is 0 Å². The molecule has 5 nitrogen and oxygen atoms in total. The van der Waals surface area contributed by atoms with Crippen LogP contribution in [0.5, 0.6) is 0 Å². The van der Waals surface area contributed by atoms with Gasteiger partial charge in [0.15, 0.2) is 0 Å². The summed E-state index contributed by atoms with van der Waals surface area (Å²) >= 11 is 1.51. The van der Waals surface area contributed by atoms with Gasteiger partial charge in [-0.05, 0) is 37.1 Å². The number of aromatic nitrogens is 1. The Bertz CT molecular complexity index is 688. The fourth-order valence-electron chi connectivity index (χ4n) is 1.76. The quantitative estimate of drug-likeness (QED) is 0.828. The third-order valence-corrected chi connectivity index (χ3v) is 5.27. The van der Waals surface area contributed by atoms with E-state index in [0.717, 1.165) is 21.9 Å². The van der Waals surface area contributed by atoms with Crippen molar-refractivity contribution in [2.75, 3.05) is 5.73 Å². The molecule has 2 aromatic rings.